The van der Waals surface area contributed by atoms with Crippen molar-refractivity contribution in [2.45, 2.75) is 271 Å². The van der Waals surface area contributed by atoms with Crippen molar-refractivity contribution >= 4 is 11.8 Å². The molecule has 0 unspecified atom stereocenters. The van der Waals surface area contributed by atoms with E-state index in [1.165, 1.54) is 6.92 Å². The number of aliphatic hydroxyl groups is 16. The fourth-order valence-electron chi connectivity index (χ4n) is 17.2. The molecule has 9 fully saturated rings. The molecule has 11 aliphatic rings. The van der Waals surface area contributed by atoms with Crippen LogP contribution in [0.1, 0.15) is 92.9 Å². The van der Waals surface area contributed by atoms with Crippen molar-refractivity contribution < 1.29 is 153 Å². The first kappa shape index (κ1) is 69.1. The van der Waals surface area contributed by atoms with Crippen molar-refractivity contribution in [1.29, 1.82) is 0 Å². The molecule has 4 aliphatic carbocycles. The molecule has 31 nitrogen and oxygen atoms in total. The van der Waals surface area contributed by atoms with Crippen LogP contribution in [-0.2, 0) is 71.2 Å². The molecule has 7 saturated heterocycles. The SMILES string of the molecule is C[C@@H]1O[C@@H](O[C@H]2[C@H](O[C@H]3[C@H](OC[C@H]4O[C@@H](O[C@H]5CC[C@]6(C)C7=C(CC[C@H]6[C@@]5(C)CO)[C@]5(C)C(=O)C[C@@]6(OC(=O)C[C@H]6C)[C@@]5(C)CC7)[C@H](O)[C@@H](O)[C@@H]4O)OC[C@H](O)[C@@H]3O)O[C@H](CO)[C@@H](O[C@@H]3OC[C@H](O)[C@H](O)[C@H]3O[C@@H]3O[C@@H](CO)[C@H](O)[C@H]3O)[C@@H]2O)[C@H](O)[C@H](O)[C@H]1O. The van der Waals surface area contributed by atoms with Crippen LogP contribution in [0.25, 0.3) is 0 Å². The van der Waals surface area contributed by atoms with Crippen molar-refractivity contribution in [2.75, 3.05) is 39.6 Å². The predicted octanol–water partition coefficient (Wildman–Crippen LogP) is -6.16. The zero-order valence-corrected chi connectivity index (χ0v) is 51.0. The van der Waals surface area contributed by atoms with Crippen molar-refractivity contribution in [3.8, 4) is 0 Å². The van der Waals surface area contributed by atoms with Gasteiger partial charge < -0.3 is 143 Å². The standard InChI is InChI=1S/C59H92O31/c1-21-13-33(66)90-59(21)14-31(65)58(6)24-7-8-30-55(3,23(24)9-12-57(58,59)5)11-10-32(56(30,4)20-62)85-50-43(76)40(73)38(71)29(84-50)19-80-52-46(35(68)25(63)17-78-52)89-54-48(88-49-42(75)39(72)34(67)22(2)81-49)44(77)45(28(16-61)83-54)86-53-47(36(69)26(64)18-79-53)87-51-41(74)37(70)27(15-60)82-51/h21-22,25-30,32,34-54,60-64,67-77H,7-20H2,1-6H3/t21-,22+,25+,26+,27+,28-,29-,30-,32+,34+,35+,36+,37+,38-,39-,40+,41-,42-,43-,44+,45-,46-,47-,48-,49+,50+,51+,52+,53+,54+,55-,56-,57+,58-,59+/m1/s1. The van der Waals surface area contributed by atoms with Gasteiger partial charge in [-0.05, 0) is 63.7 Å². The number of rotatable bonds is 16. The molecule has 7 aliphatic heterocycles. The smallest absolute Gasteiger partial charge is 0.306 e. The molecule has 11 rings (SSSR count). The number of ketones is 1. The minimum atomic E-state index is -2.14. The van der Waals surface area contributed by atoms with Gasteiger partial charge in [0.15, 0.2) is 37.7 Å². The molecule has 16 N–H and O–H groups in total. The Morgan fingerprint density at radius 3 is 1.66 bits per heavy atom. The Morgan fingerprint density at radius 2 is 1.04 bits per heavy atom. The van der Waals surface area contributed by atoms with Gasteiger partial charge in [-0.25, -0.2) is 0 Å². The van der Waals surface area contributed by atoms with Crippen LogP contribution >= 0.6 is 0 Å². The highest BCUT2D eigenvalue weighted by Gasteiger charge is 2.76. The molecule has 2 saturated carbocycles. The van der Waals surface area contributed by atoms with E-state index in [1.807, 2.05) is 20.8 Å². The average Bonchev–Trinajstić information content (AvgIpc) is 1.44. The highest BCUT2D eigenvalue weighted by Crippen LogP contribution is 2.74. The lowest BCUT2D eigenvalue weighted by Crippen LogP contribution is -2.67. The van der Waals surface area contributed by atoms with Gasteiger partial charge in [-0.15, -0.1) is 0 Å². The molecule has 35 atom stereocenters. The minimum absolute atomic E-state index is 0.0540. The van der Waals surface area contributed by atoms with E-state index < -0.39 is 232 Å². The zero-order chi connectivity index (χ0) is 65.2. The van der Waals surface area contributed by atoms with Gasteiger partial charge in [0, 0.05) is 23.2 Å². The Kier molecular flexibility index (Phi) is 19.9. The molecule has 0 amide bonds. The van der Waals surface area contributed by atoms with Crippen LogP contribution in [0.5, 0.6) is 0 Å². The molecule has 0 aromatic carbocycles. The number of hydrogen-bond acceptors (Lipinski definition) is 31. The fourth-order valence-corrected chi connectivity index (χ4v) is 17.2. The first-order chi connectivity index (χ1) is 42.4. The highest BCUT2D eigenvalue weighted by atomic mass is 16.8. The Bertz CT molecular complexity index is 2590. The third-order valence-corrected chi connectivity index (χ3v) is 22.9. The molecular formula is C59H92O31. The summed E-state index contributed by atoms with van der Waals surface area (Å²) in [6.07, 6.45) is -45.3. The van der Waals surface area contributed by atoms with E-state index >= 15 is 0 Å². The molecule has 1 spiro atoms. The van der Waals surface area contributed by atoms with E-state index in [0.29, 0.717) is 38.5 Å². The summed E-state index contributed by atoms with van der Waals surface area (Å²) in [7, 11) is 0. The topological polar surface area (TPSA) is 478 Å². The van der Waals surface area contributed by atoms with Gasteiger partial charge in [-0.2, -0.15) is 0 Å². The molecule has 31 heteroatoms. The predicted molar refractivity (Wildman–Crippen MR) is 292 cm³/mol. The van der Waals surface area contributed by atoms with Gasteiger partial charge in [-0.1, -0.05) is 38.8 Å². The monoisotopic (exact) mass is 1300 g/mol. The zero-order valence-electron chi connectivity index (χ0n) is 51.0. The molecular weight excluding hydrogens is 1200 g/mol. The second-order valence-electron chi connectivity index (χ2n) is 27.7. The van der Waals surface area contributed by atoms with Crippen molar-refractivity contribution in [3.63, 3.8) is 0 Å². The molecule has 7 heterocycles. The van der Waals surface area contributed by atoms with E-state index in [1.54, 1.807) is 0 Å². The molecule has 514 valence electrons. The van der Waals surface area contributed by atoms with E-state index in [9.17, 15) is 91.3 Å². The Labute approximate surface area is 518 Å². The minimum Gasteiger partial charge on any atom is -0.458 e. The molecule has 0 bridgehead atoms. The molecule has 0 aromatic heterocycles. The van der Waals surface area contributed by atoms with E-state index in [2.05, 4.69) is 13.8 Å². The second-order valence-corrected chi connectivity index (χ2v) is 27.7. The quantitative estimate of drug-likeness (QED) is 0.0505. The number of hydrogen-bond donors (Lipinski definition) is 16. The van der Waals surface area contributed by atoms with Crippen LogP contribution in [-0.4, -0.2) is 311 Å². The molecule has 0 aromatic rings. The Hall–Kier alpha value is -2.24. The van der Waals surface area contributed by atoms with Gasteiger partial charge in [0.2, 0.25) is 0 Å². The maximum atomic E-state index is 14.5. The van der Waals surface area contributed by atoms with Gasteiger partial charge >= 0.3 is 5.97 Å². The number of carbonyl (C=O) groups excluding carboxylic acids is 2. The van der Waals surface area contributed by atoms with Crippen molar-refractivity contribution in [3.05, 3.63) is 11.1 Å². The molecule has 90 heavy (non-hydrogen) atoms. The van der Waals surface area contributed by atoms with Crippen LogP contribution in [0, 0.1) is 33.5 Å². The number of esters is 1. The number of fused-ring (bicyclic) bond motifs is 5. The van der Waals surface area contributed by atoms with Crippen LogP contribution in [0.3, 0.4) is 0 Å². The normalized spacial score (nSPS) is 54.8. The summed E-state index contributed by atoms with van der Waals surface area (Å²) in [6, 6.07) is 0. The molecule has 0 radical (unpaired) electrons. The van der Waals surface area contributed by atoms with Crippen LogP contribution in [0.2, 0.25) is 0 Å². The van der Waals surface area contributed by atoms with E-state index in [-0.39, 0.29) is 43.0 Å². The number of ether oxygens (including phenoxy) is 13. The summed E-state index contributed by atoms with van der Waals surface area (Å²) in [5.41, 5.74) is -1.71. The Balaban J connectivity index is 0.801. The lowest BCUT2D eigenvalue weighted by molar-refractivity contribution is -0.403. The summed E-state index contributed by atoms with van der Waals surface area (Å²) in [4.78, 5) is 27.3. The summed E-state index contributed by atoms with van der Waals surface area (Å²) in [5.74, 6) is -0.599. The number of aliphatic hydroxyl groups excluding tert-OH is 16. The van der Waals surface area contributed by atoms with Crippen LogP contribution < -0.4 is 0 Å². The maximum absolute atomic E-state index is 14.5. The summed E-state index contributed by atoms with van der Waals surface area (Å²) in [5, 5.41) is 176. The van der Waals surface area contributed by atoms with Crippen molar-refractivity contribution in [2.24, 2.45) is 33.5 Å². The van der Waals surface area contributed by atoms with Gasteiger partial charge in [-0.3, -0.25) is 9.59 Å². The summed E-state index contributed by atoms with van der Waals surface area (Å²) in [6.45, 7) is 7.45. The summed E-state index contributed by atoms with van der Waals surface area (Å²) < 4.78 is 78.0. The number of carbonyl (C=O) groups is 2. The van der Waals surface area contributed by atoms with Crippen LogP contribution in [0.15, 0.2) is 11.1 Å². The second kappa shape index (κ2) is 26.0. The van der Waals surface area contributed by atoms with E-state index in [4.69, 9.17) is 61.6 Å². The van der Waals surface area contributed by atoms with E-state index in [0.717, 1.165) is 11.1 Å². The first-order valence-corrected chi connectivity index (χ1v) is 31.3. The Morgan fingerprint density at radius 1 is 0.511 bits per heavy atom. The third kappa shape index (κ3) is 11.2. The third-order valence-electron chi connectivity index (χ3n) is 22.9. The fraction of sp³-hybridized carbons (Fsp3) is 0.932. The van der Waals surface area contributed by atoms with Gasteiger partial charge in [0.25, 0.3) is 0 Å². The maximum Gasteiger partial charge on any atom is 0.306 e. The first-order valence-electron chi connectivity index (χ1n) is 31.3. The van der Waals surface area contributed by atoms with Crippen molar-refractivity contribution in [1.82, 2.24) is 0 Å². The van der Waals surface area contributed by atoms with Gasteiger partial charge in [0.1, 0.15) is 133 Å². The van der Waals surface area contributed by atoms with Gasteiger partial charge in [0.05, 0.1) is 63.7 Å². The number of allylic oxidation sites excluding steroid dienone is 2. The number of Topliss-reactive ketones (excluding diaryl/α,β-unsaturated/α-hetero) is 1. The lowest BCUT2D eigenvalue weighted by Gasteiger charge is -2.63. The average molecular weight is 1300 g/mol. The van der Waals surface area contributed by atoms with Crippen LogP contribution in [0.4, 0.5) is 0 Å². The summed E-state index contributed by atoms with van der Waals surface area (Å²) >= 11 is 0. The highest BCUT2D eigenvalue weighted by molar-refractivity contribution is 5.94. The lowest BCUT2D eigenvalue weighted by atomic mass is 9.42. The largest absolute Gasteiger partial charge is 0.458 e.